The van der Waals surface area contributed by atoms with Crippen LogP contribution in [-0.2, 0) is 13.1 Å². The van der Waals surface area contributed by atoms with E-state index in [0.29, 0.717) is 47.2 Å². The Bertz CT molecular complexity index is 1470. The van der Waals surface area contributed by atoms with Crippen LogP contribution in [0.2, 0.25) is 0 Å². The molecule has 2 N–H and O–H groups in total. The van der Waals surface area contributed by atoms with Crippen molar-refractivity contribution in [2.24, 2.45) is 5.92 Å². The maximum absolute atomic E-state index is 14.2. The van der Waals surface area contributed by atoms with Crippen molar-refractivity contribution in [3.63, 3.8) is 0 Å². The minimum Gasteiger partial charge on any atom is -0.508 e. The van der Waals surface area contributed by atoms with Crippen molar-refractivity contribution in [1.29, 1.82) is 0 Å². The number of hydrogen-bond donors (Lipinski definition) is 2. The van der Waals surface area contributed by atoms with E-state index in [1.54, 1.807) is 21.7 Å². The number of carbonyl (C=O) groups is 1. The molecule has 2 aromatic carbocycles. The Morgan fingerprint density at radius 1 is 1.03 bits per heavy atom. The molecule has 0 radical (unpaired) electrons. The Labute approximate surface area is 202 Å². The summed E-state index contributed by atoms with van der Waals surface area (Å²) in [5.41, 5.74) is 3.65. The number of phenolic OH excluding ortho intramolecular Hbond substituents is 2. The van der Waals surface area contributed by atoms with E-state index in [1.165, 1.54) is 18.2 Å². The van der Waals surface area contributed by atoms with Gasteiger partial charge in [-0.1, -0.05) is 42.8 Å². The van der Waals surface area contributed by atoms with E-state index in [1.807, 2.05) is 37.3 Å². The molecule has 7 heteroatoms. The average Bonchev–Trinajstić information content (AvgIpc) is 2.82. The van der Waals surface area contributed by atoms with Gasteiger partial charge in [0.2, 0.25) is 0 Å². The Morgan fingerprint density at radius 3 is 2.46 bits per heavy atom. The summed E-state index contributed by atoms with van der Waals surface area (Å²) in [5.74, 6) is -0.256. The number of aromatic nitrogens is 2. The number of rotatable bonds is 3. The molecule has 0 saturated carbocycles. The summed E-state index contributed by atoms with van der Waals surface area (Å²) in [4.78, 5) is 33.8. The lowest BCUT2D eigenvalue weighted by atomic mass is 9.95. The SMILES string of the molecule is Cc1ccc(-c2c3n(c(=O)c4ncccc24)CCC(C)CN(Cc2cc(O)cc(O)c2)C3=O)cc1. The zero-order chi connectivity index (χ0) is 24.7. The molecule has 1 amide bonds. The van der Waals surface area contributed by atoms with Crippen LogP contribution in [0, 0.1) is 12.8 Å². The molecule has 4 aromatic rings. The van der Waals surface area contributed by atoms with Gasteiger partial charge < -0.3 is 19.7 Å². The third-order valence-electron chi connectivity index (χ3n) is 6.57. The van der Waals surface area contributed by atoms with E-state index >= 15 is 0 Å². The first kappa shape index (κ1) is 22.7. The largest absolute Gasteiger partial charge is 0.508 e. The normalized spacial score (nSPS) is 16.1. The molecule has 0 saturated heterocycles. The number of phenols is 2. The van der Waals surface area contributed by atoms with Gasteiger partial charge in [-0.3, -0.25) is 14.6 Å². The lowest BCUT2D eigenvalue weighted by Crippen LogP contribution is -2.41. The van der Waals surface area contributed by atoms with Crippen LogP contribution in [0.5, 0.6) is 11.5 Å². The van der Waals surface area contributed by atoms with Crippen LogP contribution in [0.25, 0.3) is 22.0 Å². The standard InChI is InChI=1S/C28H27N3O4/c1-17-5-7-20(8-6-17)24-23-4-3-10-29-25(23)27(34)31-11-9-18(2)15-30(28(35)26(24)31)16-19-12-21(32)14-22(33)13-19/h3-8,10,12-14,18,32-33H,9,11,15-16H2,1-2H3. The average molecular weight is 470 g/mol. The highest BCUT2D eigenvalue weighted by Gasteiger charge is 2.30. The van der Waals surface area contributed by atoms with Crippen molar-refractivity contribution in [3.05, 3.63) is 88.0 Å². The van der Waals surface area contributed by atoms with E-state index in [-0.39, 0.29) is 35.4 Å². The molecule has 35 heavy (non-hydrogen) atoms. The van der Waals surface area contributed by atoms with Gasteiger partial charge in [0.25, 0.3) is 11.5 Å². The first-order valence-corrected chi connectivity index (χ1v) is 11.7. The lowest BCUT2D eigenvalue weighted by Gasteiger charge is -2.31. The number of benzene rings is 2. The fraction of sp³-hybridized carbons (Fsp3) is 0.250. The number of pyridine rings is 2. The van der Waals surface area contributed by atoms with E-state index in [9.17, 15) is 19.8 Å². The molecule has 0 bridgehead atoms. The Hall–Kier alpha value is -4.13. The Balaban J connectivity index is 1.75. The van der Waals surface area contributed by atoms with Crippen LogP contribution in [0.3, 0.4) is 0 Å². The summed E-state index contributed by atoms with van der Waals surface area (Å²) in [5, 5.41) is 20.6. The van der Waals surface area contributed by atoms with E-state index in [2.05, 4.69) is 11.9 Å². The molecular formula is C28H27N3O4. The number of hydrogen-bond acceptors (Lipinski definition) is 5. The predicted molar refractivity (Wildman–Crippen MR) is 134 cm³/mol. The fourth-order valence-electron chi connectivity index (χ4n) is 4.87. The van der Waals surface area contributed by atoms with Gasteiger partial charge in [-0.2, -0.15) is 0 Å². The minimum absolute atomic E-state index is 0.0680. The maximum atomic E-state index is 14.2. The predicted octanol–water partition coefficient (Wildman–Crippen LogP) is 4.47. The van der Waals surface area contributed by atoms with Crippen molar-refractivity contribution in [1.82, 2.24) is 14.5 Å². The van der Waals surface area contributed by atoms with Crippen LogP contribution < -0.4 is 5.56 Å². The summed E-state index contributed by atoms with van der Waals surface area (Å²) in [6.45, 7) is 5.16. The molecule has 5 rings (SSSR count). The zero-order valence-corrected chi connectivity index (χ0v) is 19.7. The highest BCUT2D eigenvalue weighted by Crippen LogP contribution is 2.33. The number of aryl methyl sites for hydroxylation is 1. The van der Waals surface area contributed by atoms with Gasteiger partial charge >= 0.3 is 0 Å². The van der Waals surface area contributed by atoms with Gasteiger partial charge in [0, 0.05) is 42.8 Å². The number of aromatic hydroxyl groups is 2. The molecule has 7 nitrogen and oxygen atoms in total. The third-order valence-corrected chi connectivity index (χ3v) is 6.57. The number of nitrogens with zero attached hydrogens (tertiary/aromatic N) is 3. The molecule has 0 spiro atoms. The summed E-state index contributed by atoms with van der Waals surface area (Å²) in [6, 6.07) is 15.9. The van der Waals surface area contributed by atoms with Crippen molar-refractivity contribution in [3.8, 4) is 22.6 Å². The smallest absolute Gasteiger partial charge is 0.277 e. The third kappa shape index (κ3) is 4.25. The van der Waals surface area contributed by atoms with E-state index in [0.717, 1.165) is 11.1 Å². The van der Waals surface area contributed by atoms with Gasteiger partial charge in [-0.25, -0.2) is 0 Å². The number of amides is 1. The summed E-state index contributed by atoms with van der Waals surface area (Å²) in [6.07, 6.45) is 2.32. The maximum Gasteiger partial charge on any atom is 0.277 e. The van der Waals surface area contributed by atoms with Crippen LogP contribution in [-0.4, -0.2) is 37.1 Å². The van der Waals surface area contributed by atoms with Gasteiger partial charge in [0.1, 0.15) is 22.7 Å². The van der Waals surface area contributed by atoms with Gasteiger partial charge in [-0.05, 0) is 48.6 Å². The summed E-state index contributed by atoms with van der Waals surface area (Å²) >= 11 is 0. The van der Waals surface area contributed by atoms with Crippen molar-refractivity contribution in [2.75, 3.05) is 6.54 Å². The van der Waals surface area contributed by atoms with Crippen LogP contribution >= 0.6 is 0 Å². The second-order valence-electron chi connectivity index (χ2n) is 9.38. The summed E-state index contributed by atoms with van der Waals surface area (Å²) in [7, 11) is 0. The molecule has 3 heterocycles. The topological polar surface area (TPSA) is 95.7 Å². The molecule has 0 aliphatic carbocycles. The van der Waals surface area contributed by atoms with Gasteiger partial charge in [0.15, 0.2) is 0 Å². The minimum atomic E-state index is -0.274. The Morgan fingerprint density at radius 2 is 1.74 bits per heavy atom. The lowest BCUT2D eigenvalue weighted by molar-refractivity contribution is 0.0686. The first-order valence-electron chi connectivity index (χ1n) is 11.7. The summed E-state index contributed by atoms with van der Waals surface area (Å²) < 4.78 is 1.58. The molecular weight excluding hydrogens is 442 g/mol. The number of carbonyl (C=O) groups excluding carboxylic acids is 1. The van der Waals surface area contributed by atoms with Crippen molar-refractivity contribution in [2.45, 2.75) is 33.4 Å². The van der Waals surface area contributed by atoms with Crippen LogP contribution in [0.1, 0.15) is 35.0 Å². The molecule has 1 unspecified atom stereocenters. The molecule has 1 aliphatic rings. The molecule has 1 atom stereocenters. The number of fused-ring (bicyclic) bond motifs is 2. The molecule has 2 aromatic heterocycles. The molecule has 1 aliphatic heterocycles. The van der Waals surface area contributed by atoms with Crippen molar-refractivity contribution >= 4 is 16.8 Å². The fourth-order valence-corrected chi connectivity index (χ4v) is 4.87. The van der Waals surface area contributed by atoms with Crippen LogP contribution in [0.4, 0.5) is 0 Å². The second kappa shape index (κ2) is 8.91. The van der Waals surface area contributed by atoms with E-state index < -0.39 is 0 Å². The monoisotopic (exact) mass is 469 g/mol. The van der Waals surface area contributed by atoms with E-state index in [4.69, 9.17) is 0 Å². The highest BCUT2D eigenvalue weighted by atomic mass is 16.3. The highest BCUT2D eigenvalue weighted by molar-refractivity contribution is 6.07. The Kier molecular flexibility index (Phi) is 5.76. The first-order chi connectivity index (χ1) is 16.8. The van der Waals surface area contributed by atoms with Crippen molar-refractivity contribution < 1.29 is 15.0 Å². The molecule has 0 fully saturated rings. The van der Waals surface area contributed by atoms with Crippen LogP contribution in [0.15, 0.2) is 65.6 Å². The zero-order valence-electron chi connectivity index (χ0n) is 19.7. The quantitative estimate of drug-likeness (QED) is 0.462. The second-order valence-corrected chi connectivity index (χ2v) is 9.38. The molecule has 178 valence electrons. The van der Waals surface area contributed by atoms with Gasteiger partial charge in [-0.15, -0.1) is 0 Å². The van der Waals surface area contributed by atoms with Gasteiger partial charge in [0.05, 0.1) is 0 Å².